The number of benzene rings is 2. The number of methoxy groups -OCH3 is 1. The summed E-state index contributed by atoms with van der Waals surface area (Å²) in [4.78, 5) is 24.4. The van der Waals surface area contributed by atoms with Crippen LogP contribution in [0.5, 0.6) is 5.75 Å². The Morgan fingerprint density at radius 1 is 1.07 bits per heavy atom. The zero-order valence-corrected chi connectivity index (χ0v) is 17.0. The number of ether oxygens (including phenoxy) is 1. The third kappa shape index (κ3) is 5.52. The molecule has 2 aromatic carbocycles. The second kappa shape index (κ2) is 9.16. The molecule has 0 radical (unpaired) electrons. The lowest BCUT2D eigenvalue weighted by molar-refractivity contribution is -0.117. The summed E-state index contributed by atoms with van der Waals surface area (Å²) in [5, 5.41) is 17.1. The van der Waals surface area contributed by atoms with Gasteiger partial charge < -0.3 is 15.4 Å². The number of hydrogen-bond acceptors (Lipinski definition) is 6. The van der Waals surface area contributed by atoms with E-state index in [1.165, 1.54) is 11.3 Å². The quantitative estimate of drug-likeness (QED) is 0.574. The van der Waals surface area contributed by atoms with E-state index < -0.39 is 12.1 Å². The Morgan fingerprint density at radius 3 is 2.52 bits per heavy atom. The highest BCUT2D eigenvalue weighted by molar-refractivity contribution is 7.18. The second-order valence-corrected chi connectivity index (χ2v) is 7.30. The molecular formula is C20H21N5O3S. The van der Waals surface area contributed by atoms with Gasteiger partial charge in [-0.1, -0.05) is 23.5 Å². The smallest absolute Gasteiger partial charge is 0.319 e. The first-order valence-corrected chi connectivity index (χ1v) is 9.69. The highest BCUT2D eigenvalue weighted by atomic mass is 32.1. The van der Waals surface area contributed by atoms with Crippen molar-refractivity contribution in [1.29, 1.82) is 0 Å². The van der Waals surface area contributed by atoms with Crippen molar-refractivity contribution in [2.75, 3.05) is 17.7 Å². The van der Waals surface area contributed by atoms with Crippen LogP contribution in [0.15, 0.2) is 48.5 Å². The molecule has 0 aliphatic rings. The van der Waals surface area contributed by atoms with Gasteiger partial charge in [0.15, 0.2) is 0 Å². The molecule has 1 atom stereocenters. The molecule has 1 heterocycles. The van der Waals surface area contributed by atoms with Gasteiger partial charge in [-0.3, -0.25) is 10.1 Å². The van der Waals surface area contributed by atoms with Gasteiger partial charge in [-0.2, -0.15) is 0 Å². The molecule has 0 saturated heterocycles. The minimum absolute atomic E-state index is 0.355. The van der Waals surface area contributed by atoms with Crippen molar-refractivity contribution in [3.63, 3.8) is 0 Å². The summed E-state index contributed by atoms with van der Waals surface area (Å²) in [6.45, 7) is 3.53. The van der Waals surface area contributed by atoms with Crippen LogP contribution >= 0.6 is 11.3 Å². The Morgan fingerprint density at radius 2 is 1.83 bits per heavy atom. The van der Waals surface area contributed by atoms with Gasteiger partial charge in [0, 0.05) is 11.3 Å². The number of urea groups is 1. The second-order valence-electron chi connectivity index (χ2n) is 6.32. The number of hydrogen-bond donors (Lipinski definition) is 3. The van der Waals surface area contributed by atoms with Gasteiger partial charge in [0.25, 0.3) is 0 Å². The highest BCUT2D eigenvalue weighted by Gasteiger charge is 2.18. The van der Waals surface area contributed by atoms with E-state index in [1.807, 2.05) is 49.4 Å². The Labute approximate surface area is 172 Å². The Balaban J connectivity index is 1.55. The molecule has 0 fully saturated rings. The van der Waals surface area contributed by atoms with Crippen molar-refractivity contribution in [3.8, 4) is 16.3 Å². The first kappa shape index (κ1) is 20.3. The van der Waals surface area contributed by atoms with Crippen molar-refractivity contribution < 1.29 is 14.3 Å². The fourth-order valence-corrected chi connectivity index (χ4v) is 3.24. The van der Waals surface area contributed by atoms with Gasteiger partial charge in [0.2, 0.25) is 11.0 Å². The van der Waals surface area contributed by atoms with Crippen LogP contribution in [0.1, 0.15) is 12.5 Å². The van der Waals surface area contributed by atoms with Crippen LogP contribution in [0.4, 0.5) is 15.6 Å². The van der Waals surface area contributed by atoms with E-state index in [0.717, 1.165) is 16.9 Å². The van der Waals surface area contributed by atoms with Gasteiger partial charge in [0.1, 0.15) is 16.8 Å². The minimum Gasteiger partial charge on any atom is -0.497 e. The largest absolute Gasteiger partial charge is 0.497 e. The van der Waals surface area contributed by atoms with E-state index in [9.17, 15) is 9.59 Å². The molecule has 0 spiro atoms. The normalized spacial score (nSPS) is 11.4. The zero-order valence-electron chi connectivity index (χ0n) is 16.2. The summed E-state index contributed by atoms with van der Waals surface area (Å²) in [6, 6.07) is 13.6. The Hall–Kier alpha value is -3.46. The molecule has 0 saturated carbocycles. The molecule has 9 heteroatoms. The maximum absolute atomic E-state index is 12.4. The molecule has 3 rings (SSSR count). The van der Waals surface area contributed by atoms with E-state index in [1.54, 1.807) is 20.1 Å². The summed E-state index contributed by atoms with van der Waals surface area (Å²) >= 11 is 1.24. The number of aromatic nitrogens is 2. The van der Waals surface area contributed by atoms with Crippen LogP contribution in [-0.2, 0) is 4.79 Å². The van der Waals surface area contributed by atoms with Crippen molar-refractivity contribution in [1.82, 2.24) is 15.5 Å². The van der Waals surface area contributed by atoms with Crippen LogP contribution in [0.3, 0.4) is 0 Å². The molecule has 0 bridgehead atoms. The summed E-state index contributed by atoms with van der Waals surface area (Å²) < 4.78 is 5.13. The average Bonchev–Trinajstić information content (AvgIpc) is 3.16. The standard InChI is InChI=1S/C20H21N5O3S/c1-12-5-4-6-15(11-12)22-19(27)21-13(2)17(26)23-20-25-24-18(29-20)14-7-9-16(28-3)10-8-14/h4-11,13H,1-3H3,(H2,21,22,27)(H,23,25,26). The summed E-state index contributed by atoms with van der Waals surface area (Å²) in [5.41, 5.74) is 2.55. The number of rotatable bonds is 6. The maximum Gasteiger partial charge on any atom is 0.319 e. The van der Waals surface area contributed by atoms with Crippen LogP contribution in [0.25, 0.3) is 10.6 Å². The summed E-state index contributed by atoms with van der Waals surface area (Å²) in [5.74, 6) is 0.359. The van der Waals surface area contributed by atoms with E-state index in [0.29, 0.717) is 15.8 Å². The maximum atomic E-state index is 12.4. The molecule has 0 aliphatic carbocycles. The predicted molar refractivity (Wildman–Crippen MR) is 113 cm³/mol. The average molecular weight is 411 g/mol. The number of nitrogens with zero attached hydrogens (tertiary/aromatic N) is 2. The monoisotopic (exact) mass is 411 g/mol. The SMILES string of the molecule is COc1ccc(-c2nnc(NC(=O)C(C)NC(=O)Nc3cccc(C)c3)s2)cc1. The Kier molecular flexibility index (Phi) is 6.40. The fourth-order valence-electron chi connectivity index (χ4n) is 2.49. The lowest BCUT2D eigenvalue weighted by Crippen LogP contribution is -2.43. The predicted octanol–water partition coefficient (Wildman–Crippen LogP) is 3.67. The molecule has 29 heavy (non-hydrogen) atoms. The van der Waals surface area contributed by atoms with E-state index in [-0.39, 0.29) is 5.91 Å². The molecular weight excluding hydrogens is 390 g/mol. The summed E-state index contributed by atoms with van der Waals surface area (Å²) in [6.07, 6.45) is 0. The third-order valence-corrected chi connectivity index (χ3v) is 4.90. The van der Waals surface area contributed by atoms with Crippen LogP contribution in [-0.4, -0.2) is 35.3 Å². The number of carbonyl (C=O) groups excluding carboxylic acids is 2. The molecule has 3 N–H and O–H groups in total. The van der Waals surface area contributed by atoms with Gasteiger partial charge >= 0.3 is 6.03 Å². The molecule has 8 nitrogen and oxygen atoms in total. The van der Waals surface area contributed by atoms with Gasteiger partial charge in [0.05, 0.1) is 7.11 Å². The first-order chi connectivity index (χ1) is 13.9. The number of anilines is 2. The Bertz CT molecular complexity index is 1000. The molecule has 1 aromatic heterocycles. The number of amides is 3. The minimum atomic E-state index is -0.756. The van der Waals surface area contributed by atoms with Crippen LogP contribution < -0.4 is 20.7 Å². The molecule has 1 unspecified atom stereocenters. The van der Waals surface area contributed by atoms with Crippen molar-refractivity contribution >= 4 is 34.1 Å². The topological polar surface area (TPSA) is 105 Å². The van der Waals surface area contributed by atoms with Crippen molar-refractivity contribution in [2.24, 2.45) is 0 Å². The first-order valence-electron chi connectivity index (χ1n) is 8.87. The zero-order chi connectivity index (χ0) is 20.8. The molecule has 0 aliphatic heterocycles. The van der Waals surface area contributed by atoms with Crippen LogP contribution in [0, 0.1) is 6.92 Å². The summed E-state index contributed by atoms with van der Waals surface area (Å²) in [7, 11) is 1.60. The lowest BCUT2D eigenvalue weighted by atomic mass is 10.2. The number of nitrogens with one attached hydrogen (secondary N) is 3. The fraction of sp³-hybridized carbons (Fsp3) is 0.200. The third-order valence-electron chi connectivity index (χ3n) is 4.01. The molecule has 150 valence electrons. The lowest BCUT2D eigenvalue weighted by Gasteiger charge is -2.13. The molecule has 3 aromatic rings. The van der Waals surface area contributed by atoms with Crippen LogP contribution in [0.2, 0.25) is 0 Å². The van der Waals surface area contributed by atoms with Gasteiger partial charge in [-0.05, 0) is 55.8 Å². The number of carbonyl (C=O) groups is 2. The van der Waals surface area contributed by atoms with E-state index in [2.05, 4.69) is 26.1 Å². The van der Waals surface area contributed by atoms with Gasteiger partial charge in [-0.15, -0.1) is 10.2 Å². The number of aryl methyl sites for hydroxylation is 1. The van der Waals surface area contributed by atoms with Gasteiger partial charge in [-0.25, -0.2) is 4.79 Å². The van der Waals surface area contributed by atoms with Crippen molar-refractivity contribution in [2.45, 2.75) is 19.9 Å². The highest BCUT2D eigenvalue weighted by Crippen LogP contribution is 2.27. The molecule has 3 amide bonds. The van der Waals surface area contributed by atoms with Crippen molar-refractivity contribution in [3.05, 3.63) is 54.1 Å². The van der Waals surface area contributed by atoms with E-state index >= 15 is 0 Å². The van der Waals surface area contributed by atoms with E-state index in [4.69, 9.17) is 4.74 Å².